The van der Waals surface area contributed by atoms with Gasteiger partial charge in [-0.25, -0.2) is 0 Å². The molecule has 0 aromatic rings. The zero-order valence-electron chi connectivity index (χ0n) is 12.4. The highest BCUT2D eigenvalue weighted by Crippen LogP contribution is 2.17. The summed E-state index contributed by atoms with van der Waals surface area (Å²) in [4.78, 5) is 0. The van der Waals surface area contributed by atoms with Crippen molar-refractivity contribution >= 4 is 16.6 Å². The van der Waals surface area contributed by atoms with Crippen molar-refractivity contribution in [2.75, 3.05) is 7.11 Å². The van der Waals surface area contributed by atoms with E-state index >= 15 is 0 Å². The van der Waals surface area contributed by atoms with Gasteiger partial charge in [0.05, 0.1) is 13.2 Å². The Morgan fingerprint density at radius 2 is 1.35 bits per heavy atom. The Kier molecular flexibility index (Phi) is 6.05. The van der Waals surface area contributed by atoms with Gasteiger partial charge in [0.2, 0.25) is 16.6 Å². The Hall–Kier alpha value is -0.686. The highest BCUT2D eigenvalue weighted by Gasteiger charge is 2.20. The van der Waals surface area contributed by atoms with Gasteiger partial charge in [0.15, 0.2) is 0 Å². The van der Waals surface area contributed by atoms with Crippen molar-refractivity contribution in [1.29, 1.82) is 0 Å². The Morgan fingerprint density at radius 1 is 0.882 bits per heavy atom. The molecule has 0 aromatic heterocycles. The Bertz CT molecular complexity index is 296. The molecule has 0 aliphatic heterocycles. The zero-order valence-corrected chi connectivity index (χ0v) is 14.4. The van der Waals surface area contributed by atoms with Gasteiger partial charge >= 0.3 is 0 Å². The minimum absolute atomic E-state index is 0.538. The van der Waals surface area contributed by atoms with Crippen molar-refractivity contribution in [3.63, 3.8) is 0 Å². The Morgan fingerprint density at radius 3 is 1.65 bits per heavy atom. The predicted molar refractivity (Wildman–Crippen MR) is 77.7 cm³/mol. The van der Waals surface area contributed by atoms with Crippen LogP contribution in [0.1, 0.15) is 6.92 Å². The molecular formula is C12H26O3Si2. The summed E-state index contributed by atoms with van der Waals surface area (Å²) >= 11 is 0. The lowest BCUT2D eigenvalue weighted by atomic mass is 10.4. The maximum Gasteiger partial charge on any atom is 0.268 e. The number of rotatable bonds is 6. The molecule has 0 rings (SSSR count). The fourth-order valence-corrected chi connectivity index (χ4v) is 2.70. The van der Waals surface area contributed by atoms with Crippen LogP contribution >= 0.6 is 0 Å². The lowest BCUT2D eigenvalue weighted by molar-refractivity contribution is 0.145. The standard InChI is InChI=1S/C12H26O3Si2/c1-9-11(14-16(3,4)5)10-12(13-2)15-17(6,7)8/h9-10H,1-8H3/b11-9-,12-10+. The Labute approximate surface area is 108 Å². The van der Waals surface area contributed by atoms with E-state index in [0.717, 1.165) is 5.76 Å². The molecule has 0 atom stereocenters. The van der Waals surface area contributed by atoms with Gasteiger partial charge in [0.25, 0.3) is 5.95 Å². The molecular weight excluding hydrogens is 248 g/mol. The van der Waals surface area contributed by atoms with E-state index in [0.29, 0.717) is 5.95 Å². The van der Waals surface area contributed by atoms with E-state index in [4.69, 9.17) is 13.6 Å². The summed E-state index contributed by atoms with van der Waals surface area (Å²) in [5, 5.41) is 0. The lowest BCUT2D eigenvalue weighted by Gasteiger charge is -2.23. The van der Waals surface area contributed by atoms with Crippen molar-refractivity contribution in [2.45, 2.75) is 46.2 Å². The second kappa shape index (κ2) is 6.30. The summed E-state index contributed by atoms with van der Waals surface area (Å²) < 4.78 is 17.0. The van der Waals surface area contributed by atoms with Crippen molar-refractivity contribution in [1.82, 2.24) is 0 Å². The highest BCUT2D eigenvalue weighted by molar-refractivity contribution is 6.70. The van der Waals surface area contributed by atoms with Crippen LogP contribution in [-0.4, -0.2) is 23.7 Å². The van der Waals surface area contributed by atoms with Gasteiger partial charge in [-0.2, -0.15) is 0 Å². The summed E-state index contributed by atoms with van der Waals surface area (Å²) in [5.74, 6) is 1.36. The molecule has 0 fully saturated rings. The number of methoxy groups -OCH3 is 1. The first-order valence-corrected chi connectivity index (χ1v) is 12.7. The lowest BCUT2D eigenvalue weighted by Crippen LogP contribution is -2.26. The van der Waals surface area contributed by atoms with Gasteiger partial charge in [0.1, 0.15) is 5.76 Å². The average Bonchev–Trinajstić information content (AvgIpc) is 2.11. The summed E-state index contributed by atoms with van der Waals surface area (Å²) in [5.41, 5.74) is 0. The molecule has 0 aromatic carbocycles. The van der Waals surface area contributed by atoms with Crippen molar-refractivity contribution in [3.8, 4) is 0 Å². The third-order valence-corrected chi connectivity index (χ3v) is 3.24. The van der Waals surface area contributed by atoms with E-state index < -0.39 is 16.6 Å². The fourth-order valence-electron chi connectivity index (χ4n) is 1.07. The van der Waals surface area contributed by atoms with Gasteiger partial charge < -0.3 is 13.6 Å². The quantitative estimate of drug-likeness (QED) is 0.415. The normalized spacial score (nSPS) is 14.6. The smallest absolute Gasteiger partial charge is 0.268 e. The molecule has 0 amide bonds. The molecule has 0 spiro atoms. The number of allylic oxidation sites excluding steroid dienone is 2. The summed E-state index contributed by atoms with van der Waals surface area (Å²) in [6.45, 7) is 14.8. The van der Waals surface area contributed by atoms with E-state index in [2.05, 4.69) is 39.3 Å². The van der Waals surface area contributed by atoms with Crippen LogP contribution in [0.25, 0.3) is 0 Å². The second-order valence-electron chi connectivity index (χ2n) is 5.79. The number of hydrogen-bond acceptors (Lipinski definition) is 3. The summed E-state index contributed by atoms with van der Waals surface area (Å²) in [7, 11) is -1.62. The van der Waals surface area contributed by atoms with E-state index in [1.165, 1.54) is 0 Å². The average molecular weight is 275 g/mol. The van der Waals surface area contributed by atoms with Crippen molar-refractivity contribution in [2.24, 2.45) is 0 Å². The number of hydrogen-bond donors (Lipinski definition) is 0. The van der Waals surface area contributed by atoms with Crippen LogP contribution in [0.4, 0.5) is 0 Å². The van der Waals surface area contributed by atoms with Crippen LogP contribution in [0.2, 0.25) is 39.3 Å². The molecule has 0 saturated carbocycles. The van der Waals surface area contributed by atoms with Crippen LogP contribution in [-0.2, 0) is 13.6 Å². The summed E-state index contributed by atoms with van der Waals surface area (Å²) in [6.07, 6.45) is 3.77. The van der Waals surface area contributed by atoms with Crippen LogP contribution in [0, 0.1) is 0 Å². The second-order valence-corrected chi connectivity index (χ2v) is 14.6. The summed E-state index contributed by atoms with van der Waals surface area (Å²) in [6, 6.07) is 0. The SMILES string of the molecule is C/C=C(/C=C(\OC)O[Si](C)(C)C)O[Si](C)(C)C. The molecule has 17 heavy (non-hydrogen) atoms. The first-order chi connectivity index (χ1) is 7.57. The molecule has 100 valence electrons. The maximum absolute atomic E-state index is 5.91. The monoisotopic (exact) mass is 274 g/mol. The van der Waals surface area contributed by atoms with Gasteiger partial charge in [-0.05, 0) is 52.3 Å². The first-order valence-electron chi connectivity index (χ1n) is 5.87. The van der Waals surface area contributed by atoms with Gasteiger partial charge in [-0.1, -0.05) is 0 Å². The molecule has 5 heteroatoms. The predicted octanol–water partition coefficient (Wildman–Crippen LogP) is 4.08. The third kappa shape index (κ3) is 9.06. The first kappa shape index (κ1) is 16.3. The molecule has 0 aliphatic rings. The molecule has 0 N–H and O–H groups in total. The highest BCUT2D eigenvalue weighted by atomic mass is 28.4. The molecule has 0 heterocycles. The largest absolute Gasteiger partial charge is 0.544 e. The van der Waals surface area contributed by atoms with Crippen LogP contribution in [0.5, 0.6) is 0 Å². The van der Waals surface area contributed by atoms with E-state index in [1.54, 1.807) is 7.11 Å². The zero-order chi connectivity index (χ0) is 13.7. The third-order valence-electron chi connectivity index (χ3n) is 1.58. The van der Waals surface area contributed by atoms with Crippen LogP contribution < -0.4 is 0 Å². The van der Waals surface area contributed by atoms with E-state index in [-0.39, 0.29) is 0 Å². The molecule has 0 aliphatic carbocycles. The van der Waals surface area contributed by atoms with Crippen LogP contribution in [0.15, 0.2) is 23.9 Å². The van der Waals surface area contributed by atoms with Crippen molar-refractivity contribution < 1.29 is 13.6 Å². The minimum Gasteiger partial charge on any atom is -0.544 e. The van der Waals surface area contributed by atoms with E-state index in [1.807, 2.05) is 19.1 Å². The maximum atomic E-state index is 5.91. The van der Waals surface area contributed by atoms with Gasteiger partial charge in [-0.3, -0.25) is 0 Å². The number of ether oxygens (including phenoxy) is 1. The van der Waals surface area contributed by atoms with E-state index in [9.17, 15) is 0 Å². The molecule has 0 radical (unpaired) electrons. The Balaban J connectivity index is 4.81. The molecule has 0 saturated heterocycles. The van der Waals surface area contributed by atoms with Crippen molar-refractivity contribution in [3.05, 3.63) is 23.9 Å². The molecule has 0 bridgehead atoms. The minimum atomic E-state index is -1.64. The van der Waals surface area contributed by atoms with Gasteiger partial charge in [0, 0.05) is 0 Å². The van der Waals surface area contributed by atoms with Gasteiger partial charge in [-0.15, -0.1) is 0 Å². The molecule has 0 unspecified atom stereocenters. The fraction of sp³-hybridized carbons (Fsp3) is 0.667. The topological polar surface area (TPSA) is 27.7 Å². The molecule has 3 nitrogen and oxygen atoms in total. The van der Waals surface area contributed by atoms with Crippen LogP contribution in [0.3, 0.4) is 0 Å².